The van der Waals surface area contributed by atoms with E-state index >= 15 is 4.39 Å². The molecule has 2 atom stereocenters. The molecule has 248 valence electrons. The molecule has 3 aromatic rings. The maximum absolute atomic E-state index is 15.3. The molecule has 1 saturated carbocycles. The summed E-state index contributed by atoms with van der Waals surface area (Å²) >= 11 is 0. The molecule has 2 aromatic carbocycles. The summed E-state index contributed by atoms with van der Waals surface area (Å²) in [4.78, 5) is 12.1. The molecule has 2 fully saturated rings. The number of unbranched alkanes of at least 4 members (excludes halogenated alkanes) is 2. The lowest BCUT2D eigenvalue weighted by molar-refractivity contribution is -0.132. The standard InChI is InChI=1S/C35H41F5N4O2/c1-3-5-6-9-22(4-2)32-25-18-29(35(38,39)40)44(28-17-24(45)16-23-10-11-26(36)31(37)30(23)28)19-27(25)41-33(42-32)46-21-34(12-13-34)20-43-14-7-8-15-43/h10-11,16-19,22,29,45H,3-9,12-15,20-21H2,1-2H3/i21D2. The molecule has 0 amide bonds. The maximum Gasteiger partial charge on any atom is 0.412 e. The minimum absolute atomic E-state index is 0.0133. The van der Waals surface area contributed by atoms with Crippen molar-refractivity contribution in [1.29, 1.82) is 0 Å². The zero-order valence-electron chi connectivity index (χ0n) is 28.1. The lowest BCUT2D eigenvalue weighted by Crippen LogP contribution is -2.51. The van der Waals surface area contributed by atoms with E-state index in [-0.39, 0.29) is 27.9 Å². The molecule has 1 saturated heterocycles. The van der Waals surface area contributed by atoms with Crippen LogP contribution in [-0.2, 0) is 0 Å². The second-order valence-corrected chi connectivity index (χ2v) is 12.9. The van der Waals surface area contributed by atoms with Crippen LogP contribution in [0.25, 0.3) is 23.0 Å². The van der Waals surface area contributed by atoms with Crippen molar-refractivity contribution in [3.63, 3.8) is 0 Å². The van der Waals surface area contributed by atoms with Gasteiger partial charge in [-0.2, -0.15) is 23.1 Å². The van der Waals surface area contributed by atoms with Gasteiger partial charge in [-0.1, -0.05) is 39.2 Å². The third-order valence-electron chi connectivity index (χ3n) is 9.43. The zero-order valence-corrected chi connectivity index (χ0v) is 26.1. The highest BCUT2D eigenvalue weighted by atomic mass is 19.4. The summed E-state index contributed by atoms with van der Waals surface area (Å²) in [5, 5.41) is 10.2. The Balaban J connectivity index is 1.52. The van der Waals surface area contributed by atoms with Crippen LogP contribution in [0.3, 0.4) is 0 Å². The molecule has 0 bridgehead atoms. The Hall–Kier alpha value is -3.47. The van der Waals surface area contributed by atoms with Crippen LogP contribution in [0.5, 0.6) is 11.8 Å². The molecule has 0 spiro atoms. The van der Waals surface area contributed by atoms with Gasteiger partial charge in [-0.15, -0.1) is 0 Å². The normalized spacial score (nSPS) is 20.8. The van der Waals surface area contributed by atoms with Crippen LogP contribution in [0.1, 0.15) is 86.0 Å². The first-order valence-electron chi connectivity index (χ1n) is 17.3. The number of aromatic nitrogens is 2. The highest BCUT2D eigenvalue weighted by Gasteiger charge is 2.46. The van der Waals surface area contributed by atoms with E-state index in [4.69, 9.17) is 7.48 Å². The number of phenols is 1. The number of halogens is 5. The van der Waals surface area contributed by atoms with Gasteiger partial charge in [0.05, 0.1) is 26.0 Å². The van der Waals surface area contributed by atoms with E-state index in [2.05, 4.69) is 21.8 Å². The first kappa shape index (κ1) is 29.9. The molecular weight excluding hydrogens is 603 g/mol. The molecule has 1 aromatic heterocycles. The highest BCUT2D eigenvalue weighted by Crippen LogP contribution is 2.47. The number of anilines is 1. The molecule has 3 aliphatic rings. The minimum Gasteiger partial charge on any atom is -0.508 e. The van der Waals surface area contributed by atoms with Crippen LogP contribution in [0.15, 0.2) is 24.3 Å². The van der Waals surface area contributed by atoms with E-state index in [0.29, 0.717) is 37.9 Å². The Morgan fingerprint density at radius 2 is 1.87 bits per heavy atom. The Morgan fingerprint density at radius 3 is 2.54 bits per heavy atom. The molecule has 3 heterocycles. The second kappa shape index (κ2) is 13.0. The summed E-state index contributed by atoms with van der Waals surface area (Å²) in [5.41, 5.74) is -0.827. The first-order valence-corrected chi connectivity index (χ1v) is 16.3. The number of ether oxygens (including phenoxy) is 1. The average molecular weight is 647 g/mol. The average Bonchev–Trinajstić information content (AvgIpc) is 3.65. The topological polar surface area (TPSA) is 61.7 Å². The summed E-state index contributed by atoms with van der Waals surface area (Å²) in [5.74, 6) is -3.29. The molecule has 6 nitrogen and oxygen atoms in total. The molecule has 1 N–H and O–H groups in total. The number of hydrogen-bond acceptors (Lipinski definition) is 6. The van der Waals surface area contributed by atoms with Gasteiger partial charge in [0, 0.05) is 40.7 Å². The highest BCUT2D eigenvalue weighted by molar-refractivity contribution is 5.98. The summed E-state index contributed by atoms with van der Waals surface area (Å²) in [6.07, 6.45) is 4.46. The Kier molecular flexibility index (Phi) is 8.43. The second-order valence-electron chi connectivity index (χ2n) is 12.9. The maximum atomic E-state index is 15.3. The number of hydrogen-bond donors (Lipinski definition) is 1. The summed E-state index contributed by atoms with van der Waals surface area (Å²) < 4.78 is 98.3. The quantitative estimate of drug-likeness (QED) is 0.171. The molecule has 2 aliphatic heterocycles. The number of fused-ring (bicyclic) bond motifs is 2. The van der Waals surface area contributed by atoms with Gasteiger partial charge >= 0.3 is 12.2 Å². The van der Waals surface area contributed by atoms with E-state index in [9.17, 15) is 22.7 Å². The number of likely N-dealkylation sites (tertiary alicyclic amines) is 1. The van der Waals surface area contributed by atoms with E-state index in [1.54, 1.807) is 0 Å². The predicted molar refractivity (Wildman–Crippen MR) is 168 cm³/mol. The van der Waals surface area contributed by atoms with Crippen LogP contribution in [-0.4, -0.2) is 58.4 Å². The van der Waals surface area contributed by atoms with Crippen LogP contribution in [0.2, 0.25) is 0 Å². The third kappa shape index (κ3) is 6.66. The van der Waals surface area contributed by atoms with E-state index in [1.165, 1.54) is 6.07 Å². The van der Waals surface area contributed by atoms with Gasteiger partial charge in [-0.05, 0) is 75.2 Å². The summed E-state index contributed by atoms with van der Waals surface area (Å²) in [6, 6.07) is 1.53. The number of rotatable bonds is 12. The van der Waals surface area contributed by atoms with Crippen molar-refractivity contribution in [1.82, 2.24) is 14.9 Å². The fourth-order valence-electron chi connectivity index (χ4n) is 6.73. The van der Waals surface area contributed by atoms with Crippen LogP contribution < -0.4 is 20.2 Å². The molecule has 11 heteroatoms. The van der Waals surface area contributed by atoms with Gasteiger partial charge in [0.2, 0.25) is 0 Å². The van der Waals surface area contributed by atoms with Crippen molar-refractivity contribution in [3.05, 3.63) is 52.2 Å². The molecule has 46 heavy (non-hydrogen) atoms. The van der Waals surface area contributed by atoms with Crippen molar-refractivity contribution in [2.75, 3.05) is 31.1 Å². The third-order valence-corrected chi connectivity index (χ3v) is 9.43. The zero-order chi connectivity index (χ0) is 34.4. The minimum atomic E-state index is -4.88. The Labute approximate surface area is 268 Å². The number of nitrogens with zero attached hydrogens (tertiary/aromatic N) is 4. The van der Waals surface area contributed by atoms with Gasteiger partial charge in [-0.3, -0.25) is 0 Å². The lowest BCUT2D eigenvalue weighted by atomic mass is 9.92. The SMILES string of the molecule is [2H]C([2H])(Oc1nc(C(CC)CCCCC)c2c(n1)=CN(c1cc(O)cc3ccc(F)c(F)c13)C(C(F)(F)F)C=2)C1(CN2CCCC2)CC1. The molecule has 1 aliphatic carbocycles. The lowest BCUT2D eigenvalue weighted by Gasteiger charge is -2.33. The molecular formula is C35H41F5N4O2. The monoisotopic (exact) mass is 646 g/mol. The van der Waals surface area contributed by atoms with Gasteiger partial charge < -0.3 is 19.6 Å². The largest absolute Gasteiger partial charge is 0.508 e. The smallest absolute Gasteiger partial charge is 0.412 e. The predicted octanol–water partition coefficient (Wildman–Crippen LogP) is 6.91. The fraction of sp³-hybridized carbons (Fsp3) is 0.543. The van der Waals surface area contributed by atoms with Gasteiger partial charge in [0.15, 0.2) is 11.6 Å². The number of aromatic hydroxyl groups is 1. The van der Waals surface area contributed by atoms with Crippen molar-refractivity contribution < 1.29 is 34.5 Å². The van der Waals surface area contributed by atoms with Crippen molar-refractivity contribution in [3.8, 4) is 11.8 Å². The van der Waals surface area contributed by atoms with E-state index in [0.717, 1.165) is 80.6 Å². The first-order chi connectivity index (χ1) is 22.8. The number of phenolic OH excluding ortho intramolecular Hbond substituents is 1. The van der Waals surface area contributed by atoms with Crippen molar-refractivity contribution in [2.45, 2.75) is 89.8 Å². The van der Waals surface area contributed by atoms with Crippen molar-refractivity contribution >= 4 is 28.7 Å². The van der Waals surface area contributed by atoms with Crippen LogP contribution >= 0.6 is 0 Å². The fourth-order valence-corrected chi connectivity index (χ4v) is 6.73. The number of benzene rings is 2. The van der Waals surface area contributed by atoms with Gasteiger partial charge in [-0.25, -0.2) is 8.78 Å². The summed E-state index contributed by atoms with van der Waals surface area (Å²) in [7, 11) is 0. The molecule has 2 unspecified atom stereocenters. The van der Waals surface area contributed by atoms with Crippen molar-refractivity contribution in [2.24, 2.45) is 5.41 Å². The van der Waals surface area contributed by atoms with Crippen LogP contribution in [0.4, 0.5) is 27.6 Å². The van der Waals surface area contributed by atoms with Gasteiger partial charge in [0.1, 0.15) is 11.8 Å². The van der Waals surface area contributed by atoms with Crippen LogP contribution in [0, 0.1) is 17.0 Å². The van der Waals surface area contributed by atoms with E-state index < -0.39 is 52.6 Å². The molecule has 0 radical (unpaired) electrons. The van der Waals surface area contributed by atoms with Gasteiger partial charge in [0.25, 0.3) is 0 Å². The molecule has 6 rings (SSSR count). The summed E-state index contributed by atoms with van der Waals surface area (Å²) in [6.45, 7) is 4.14. The number of alkyl halides is 3. The Bertz CT molecular complexity index is 1790. The van der Waals surface area contributed by atoms with E-state index in [1.807, 2.05) is 6.92 Å². The Morgan fingerprint density at radius 1 is 1.11 bits per heavy atom.